The molecular weight excluding hydrogens is 961 g/mol. The third-order valence-electron chi connectivity index (χ3n) is 14.5. The molecule has 0 aliphatic carbocycles. The van der Waals surface area contributed by atoms with Crippen LogP contribution in [-0.4, -0.2) is 76.5 Å². The number of aryl methyl sites for hydroxylation is 1. The highest BCUT2D eigenvalue weighted by Gasteiger charge is 2.24. The van der Waals surface area contributed by atoms with E-state index in [4.69, 9.17) is 28.4 Å². The second kappa shape index (κ2) is 38.1. The molecule has 3 unspecified atom stereocenters. The summed E-state index contributed by atoms with van der Waals surface area (Å²) in [6, 6.07) is 17.3. The first-order valence-corrected chi connectivity index (χ1v) is 29.0. The molecule has 0 saturated carbocycles. The smallest absolute Gasteiger partial charge is 0.339 e. The van der Waals surface area contributed by atoms with Crippen LogP contribution >= 0.6 is 0 Å². The fourth-order valence-electron chi connectivity index (χ4n) is 9.49. The van der Waals surface area contributed by atoms with Crippen molar-refractivity contribution in [3.8, 4) is 0 Å². The molecule has 0 fully saturated rings. The van der Waals surface area contributed by atoms with Crippen molar-refractivity contribution in [2.24, 2.45) is 23.7 Å². The number of rotatable bonds is 40. The van der Waals surface area contributed by atoms with Crippen molar-refractivity contribution in [1.82, 2.24) is 0 Å². The number of hydrogen-bond donors (Lipinski definition) is 0. The first-order chi connectivity index (χ1) is 36.8. The van der Waals surface area contributed by atoms with Crippen LogP contribution in [0.5, 0.6) is 0 Å². The van der Waals surface area contributed by atoms with Gasteiger partial charge in [0.15, 0.2) is 0 Å². The first-order valence-electron chi connectivity index (χ1n) is 29.0. The van der Waals surface area contributed by atoms with E-state index in [-0.39, 0.29) is 52.5 Å². The molecule has 0 N–H and O–H groups in total. The van der Waals surface area contributed by atoms with Crippen LogP contribution in [0.4, 0.5) is 0 Å². The van der Waals surface area contributed by atoms with Crippen molar-refractivity contribution < 1.29 is 57.2 Å². The summed E-state index contributed by atoms with van der Waals surface area (Å²) in [4.78, 5) is 78.0. The number of carbonyl (C=O) groups is 6. The lowest BCUT2D eigenvalue weighted by atomic mass is 9.93. The van der Waals surface area contributed by atoms with Crippen molar-refractivity contribution in [2.75, 3.05) is 40.6 Å². The van der Waals surface area contributed by atoms with E-state index in [1.54, 1.807) is 48.5 Å². The van der Waals surface area contributed by atoms with Gasteiger partial charge in [-0.25, -0.2) is 28.8 Å². The number of unbranched alkanes of at least 4 members (excludes halogenated alkanes) is 12. The van der Waals surface area contributed by atoms with Crippen LogP contribution in [0, 0.1) is 23.7 Å². The maximum Gasteiger partial charge on any atom is 0.339 e. The minimum Gasteiger partial charge on any atom is -0.465 e. The SMILES string of the molecule is CCCCCCC(CC)COC(=O)c1ccccc1C(=O)OCC(CC)CCCCCCc1ccc(C(=O)OCCCCCCC(C)C)c(C(=O)OCCCCCCC(C)Cc2ccc(C(=O)OC)c(C(=O)OC)c2)c1. The average Bonchev–Trinajstić information content (AvgIpc) is 3.42. The Hall–Kier alpha value is -5.52. The second-order valence-corrected chi connectivity index (χ2v) is 21.2. The fourth-order valence-corrected chi connectivity index (χ4v) is 9.49. The van der Waals surface area contributed by atoms with E-state index in [1.165, 1.54) is 39.9 Å². The highest BCUT2D eigenvalue weighted by Crippen LogP contribution is 2.24. The van der Waals surface area contributed by atoms with Crippen LogP contribution in [0.15, 0.2) is 60.7 Å². The van der Waals surface area contributed by atoms with E-state index < -0.39 is 35.8 Å². The Kier molecular flexibility index (Phi) is 32.5. The average molecular weight is 1060 g/mol. The largest absolute Gasteiger partial charge is 0.465 e. The molecule has 12 heteroatoms. The van der Waals surface area contributed by atoms with Gasteiger partial charge in [-0.05, 0) is 116 Å². The van der Waals surface area contributed by atoms with Crippen LogP contribution in [0.1, 0.15) is 256 Å². The predicted molar refractivity (Wildman–Crippen MR) is 300 cm³/mol. The normalized spacial score (nSPS) is 12.4. The summed E-state index contributed by atoms with van der Waals surface area (Å²) in [6.45, 7) is 14.2. The molecule has 0 radical (unpaired) electrons. The van der Waals surface area contributed by atoms with Gasteiger partial charge in [0, 0.05) is 0 Å². The van der Waals surface area contributed by atoms with Crippen molar-refractivity contribution in [3.63, 3.8) is 0 Å². The van der Waals surface area contributed by atoms with E-state index in [2.05, 4.69) is 41.5 Å². The lowest BCUT2D eigenvalue weighted by molar-refractivity contribution is 0.0381. The van der Waals surface area contributed by atoms with Crippen LogP contribution in [0.25, 0.3) is 0 Å². The minimum absolute atomic E-state index is 0.179. The van der Waals surface area contributed by atoms with Gasteiger partial charge in [0.25, 0.3) is 0 Å². The molecule has 0 aromatic heterocycles. The molecule has 76 heavy (non-hydrogen) atoms. The predicted octanol–water partition coefficient (Wildman–Crippen LogP) is 15.5. The van der Waals surface area contributed by atoms with Crippen LogP contribution < -0.4 is 0 Å². The molecule has 3 aromatic carbocycles. The maximum absolute atomic E-state index is 13.6. The van der Waals surface area contributed by atoms with Crippen LogP contribution in [0.2, 0.25) is 0 Å². The van der Waals surface area contributed by atoms with E-state index in [0.717, 1.165) is 133 Å². The molecule has 12 nitrogen and oxygen atoms in total. The quantitative estimate of drug-likeness (QED) is 0.0302. The van der Waals surface area contributed by atoms with Gasteiger partial charge < -0.3 is 28.4 Å². The highest BCUT2D eigenvalue weighted by atomic mass is 16.6. The standard InChI is InChI=1S/C64H94O12/c1-9-12-13-22-31-49(10-2)45-75-62(68)53-34-25-26-35-54(53)63(69)76-46-50(11-3)32-23-14-15-24-33-51-36-38-56(61(67)73-40-27-18-16-20-29-47(4)5)58(43-51)64(70)74-41-28-19-17-21-30-48(6)42-52-37-39-55(59(65)71-7)57(44-52)60(66)72-8/h25-26,34-39,43-44,47-50H,9-24,27-33,40-42,45-46H2,1-8H3. The molecule has 0 aliphatic rings. The van der Waals surface area contributed by atoms with Gasteiger partial charge in [-0.1, -0.05) is 175 Å². The Morgan fingerprint density at radius 1 is 0.408 bits per heavy atom. The Balaban J connectivity index is 1.48. The molecule has 0 heterocycles. The molecule has 3 rings (SSSR count). The highest BCUT2D eigenvalue weighted by molar-refractivity contribution is 6.04. The Morgan fingerprint density at radius 2 is 0.816 bits per heavy atom. The van der Waals surface area contributed by atoms with Gasteiger partial charge in [-0.2, -0.15) is 0 Å². The molecule has 0 bridgehead atoms. The zero-order chi connectivity index (χ0) is 55.5. The minimum atomic E-state index is -0.586. The van der Waals surface area contributed by atoms with E-state index in [1.807, 2.05) is 12.1 Å². The summed E-state index contributed by atoms with van der Waals surface area (Å²) < 4.78 is 32.7. The molecule has 3 aromatic rings. The third-order valence-corrected chi connectivity index (χ3v) is 14.5. The fraction of sp³-hybridized carbons (Fsp3) is 0.625. The van der Waals surface area contributed by atoms with Gasteiger partial charge >= 0.3 is 35.8 Å². The maximum atomic E-state index is 13.6. The Bertz CT molecular complexity index is 2200. The number of benzene rings is 3. The summed E-state index contributed by atoms with van der Waals surface area (Å²) in [6.07, 6.45) is 23.4. The van der Waals surface area contributed by atoms with Gasteiger partial charge in [0.05, 0.1) is 74.0 Å². The van der Waals surface area contributed by atoms with E-state index in [0.29, 0.717) is 37.4 Å². The molecule has 0 aliphatic heterocycles. The van der Waals surface area contributed by atoms with Gasteiger partial charge in [0.2, 0.25) is 0 Å². The summed E-state index contributed by atoms with van der Waals surface area (Å²) in [5.74, 6) is -1.70. The van der Waals surface area contributed by atoms with E-state index >= 15 is 0 Å². The van der Waals surface area contributed by atoms with Crippen molar-refractivity contribution in [2.45, 2.75) is 196 Å². The number of carbonyl (C=O) groups excluding carboxylic acids is 6. The molecule has 3 atom stereocenters. The number of methoxy groups -OCH3 is 2. The molecule has 0 spiro atoms. The Labute approximate surface area is 456 Å². The van der Waals surface area contributed by atoms with Crippen LogP contribution in [-0.2, 0) is 41.3 Å². The third kappa shape index (κ3) is 24.6. The molecule has 0 amide bonds. The summed E-state index contributed by atoms with van der Waals surface area (Å²) in [7, 11) is 2.56. The first kappa shape index (κ1) is 64.8. The molecule has 0 saturated heterocycles. The molecule has 422 valence electrons. The number of ether oxygens (including phenoxy) is 6. The topological polar surface area (TPSA) is 158 Å². The van der Waals surface area contributed by atoms with Crippen LogP contribution in [0.3, 0.4) is 0 Å². The molecular formula is C64H94O12. The van der Waals surface area contributed by atoms with Crippen molar-refractivity contribution in [3.05, 3.63) is 105 Å². The lowest BCUT2D eigenvalue weighted by Crippen LogP contribution is -2.19. The lowest BCUT2D eigenvalue weighted by Gasteiger charge is -2.17. The zero-order valence-corrected chi connectivity index (χ0v) is 47.8. The van der Waals surface area contributed by atoms with Gasteiger partial charge in [-0.15, -0.1) is 0 Å². The van der Waals surface area contributed by atoms with E-state index in [9.17, 15) is 28.8 Å². The second-order valence-electron chi connectivity index (χ2n) is 21.2. The summed E-state index contributed by atoms with van der Waals surface area (Å²) in [5.41, 5.74) is 3.21. The van der Waals surface area contributed by atoms with Gasteiger partial charge in [-0.3, -0.25) is 0 Å². The zero-order valence-electron chi connectivity index (χ0n) is 47.8. The Morgan fingerprint density at radius 3 is 1.34 bits per heavy atom. The monoisotopic (exact) mass is 1050 g/mol. The number of hydrogen-bond acceptors (Lipinski definition) is 12. The number of esters is 6. The summed E-state index contributed by atoms with van der Waals surface area (Å²) >= 11 is 0. The summed E-state index contributed by atoms with van der Waals surface area (Å²) in [5, 5.41) is 0. The van der Waals surface area contributed by atoms with Crippen molar-refractivity contribution in [1.29, 1.82) is 0 Å². The van der Waals surface area contributed by atoms with Gasteiger partial charge in [0.1, 0.15) is 0 Å². The van der Waals surface area contributed by atoms with Crippen molar-refractivity contribution >= 4 is 35.8 Å².